The summed E-state index contributed by atoms with van der Waals surface area (Å²) in [7, 11) is 0. The molecule has 6 rings (SSSR count). The smallest absolute Gasteiger partial charge is 0.327 e. The molecule has 0 aliphatic carbocycles. The lowest BCUT2D eigenvalue weighted by molar-refractivity contribution is 0.0984. The first-order valence-electron chi connectivity index (χ1n) is 11.9. The minimum absolute atomic E-state index is 0.0457. The van der Waals surface area contributed by atoms with Crippen LogP contribution in [-0.2, 0) is 6.42 Å². The van der Waals surface area contributed by atoms with Crippen LogP contribution < -0.4 is 21.0 Å². The van der Waals surface area contributed by atoms with E-state index in [1.54, 1.807) is 27.8 Å². The molecule has 1 aromatic carbocycles. The average Bonchev–Trinajstić information content (AvgIpc) is 3.43. The number of anilines is 2. The lowest BCUT2D eigenvalue weighted by Crippen LogP contribution is -2.38. The molecule has 2 aliphatic rings. The fraction of sp³-hybridized carbons (Fsp3) is 0.308. The second-order valence-electron chi connectivity index (χ2n) is 9.34. The van der Waals surface area contributed by atoms with Gasteiger partial charge in [-0.15, -0.1) is 0 Å². The fourth-order valence-electron chi connectivity index (χ4n) is 5.42. The zero-order valence-electron chi connectivity index (χ0n) is 19.5. The number of carbonyl (C=O) groups excluding carboxylic acids is 1. The summed E-state index contributed by atoms with van der Waals surface area (Å²) in [6.07, 6.45) is 3.97. The molecule has 178 valence electrons. The van der Waals surface area contributed by atoms with Crippen molar-refractivity contribution in [2.24, 2.45) is 0 Å². The number of rotatable bonds is 3. The van der Waals surface area contributed by atoms with Gasteiger partial charge in [-0.1, -0.05) is 17.7 Å². The average molecular weight is 471 g/mol. The van der Waals surface area contributed by atoms with E-state index in [0.29, 0.717) is 31.0 Å². The standard InChI is InChI=1S/C26H26N6O3/c1-16-4-5-21-17(13-16)6-12-31(21)25(34)20-14-19(15-23(33)28-20)30-10-7-18(8-11-30)32-22-3-2-9-27-24(22)29-26(32)35/h2-5,9,13-15,18H,6-8,10-12H2,1H3,(H,28,33)(H,27,29,35). The van der Waals surface area contributed by atoms with Gasteiger partial charge in [-0.2, -0.15) is 0 Å². The first-order valence-corrected chi connectivity index (χ1v) is 11.9. The maximum Gasteiger partial charge on any atom is 0.327 e. The molecule has 5 heterocycles. The van der Waals surface area contributed by atoms with Crippen molar-refractivity contribution in [3.05, 3.63) is 86.3 Å². The van der Waals surface area contributed by atoms with Crippen LogP contribution in [0.15, 0.2) is 58.3 Å². The Bertz CT molecular complexity index is 1560. The van der Waals surface area contributed by atoms with Crippen LogP contribution in [0.1, 0.15) is 40.5 Å². The number of fused-ring (bicyclic) bond motifs is 2. The summed E-state index contributed by atoms with van der Waals surface area (Å²) < 4.78 is 1.79. The maximum atomic E-state index is 13.3. The van der Waals surface area contributed by atoms with E-state index in [1.165, 1.54) is 5.56 Å². The van der Waals surface area contributed by atoms with Gasteiger partial charge in [0.2, 0.25) is 0 Å². The van der Waals surface area contributed by atoms with Gasteiger partial charge in [0.05, 0.1) is 5.52 Å². The van der Waals surface area contributed by atoms with Crippen molar-refractivity contribution < 1.29 is 4.79 Å². The molecule has 4 aromatic rings. The molecule has 0 atom stereocenters. The van der Waals surface area contributed by atoms with Crippen molar-refractivity contribution in [3.8, 4) is 0 Å². The Kier molecular flexibility index (Phi) is 5.05. The highest BCUT2D eigenvalue weighted by atomic mass is 16.2. The highest BCUT2D eigenvalue weighted by Crippen LogP contribution is 2.31. The molecule has 9 nitrogen and oxygen atoms in total. The van der Waals surface area contributed by atoms with E-state index >= 15 is 0 Å². The van der Waals surface area contributed by atoms with Crippen LogP contribution in [0.2, 0.25) is 0 Å². The molecule has 3 aromatic heterocycles. The van der Waals surface area contributed by atoms with Crippen LogP contribution >= 0.6 is 0 Å². The fourth-order valence-corrected chi connectivity index (χ4v) is 5.42. The van der Waals surface area contributed by atoms with Gasteiger partial charge in [-0.3, -0.25) is 19.1 Å². The largest absolute Gasteiger partial charge is 0.371 e. The Morgan fingerprint density at radius 1 is 1.03 bits per heavy atom. The third-order valence-corrected chi connectivity index (χ3v) is 7.12. The Morgan fingerprint density at radius 3 is 2.69 bits per heavy atom. The van der Waals surface area contributed by atoms with Gasteiger partial charge in [0, 0.05) is 49.3 Å². The topological polar surface area (TPSA) is 107 Å². The summed E-state index contributed by atoms with van der Waals surface area (Å²) in [5.41, 5.74) is 5.21. The number of hydrogen-bond donors (Lipinski definition) is 2. The predicted octanol–water partition coefficient (Wildman–Crippen LogP) is 2.77. The lowest BCUT2D eigenvalue weighted by atomic mass is 10.0. The molecule has 9 heteroatoms. The normalized spacial score (nSPS) is 16.1. The first-order chi connectivity index (χ1) is 17.0. The molecular weight excluding hydrogens is 444 g/mol. The van der Waals surface area contributed by atoms with Crippen molar-refractivity contribution in [1.82, 2.24) is 19.5 Å². The predicted molar refractivity (Wildman–Crippen MR) is 134 cm³/mol. The van der Waals surface area contributed by atoms with Crippen molar-refractivity contribution in [1.29, 1.82) is 0 Å². The number of H-pyrrole nitrogens is 2. The van der Waals surface area contributed by atoms with Gasteiger partial charge in [-0.05, 0) is 56.0 Å². The van der Waals surface area contributed by atoms with Crippen LogP contribution in [0, 0.1) is 6.92 Å². The Morgan fingerprint density at radius 2 is 1.86 bits per heavy atom. The lowest BCUT2D eigenvalue weighted by Gasteiger charge is -2.34. The number of aromatic amines is 2. The maximum absolute atomic E-state index is 13.3. The molecule has 0 saturated carbocycles. The zero-order chi connectivity index (χ0) is 24.1. The number of pyridine rings is 2. The Balaban J connectivity index is 1.23. The summed E-state index contributed by atoms with van der Waals surface area (Å²) in [4.78, 5) is 52.1. The first kappa shape index (κ1) is 21.4. The number of hydrogen-bond acceptors (Lipinski definition) is 5. The minimum Gasteiger partial charge on any atom is -0.371 e. The van der Waals surface area contributed by atoms with E-state index in [0.717, 1.165) is 41.7 Å². The van der Waals surface area contributed by atoms with Gasteiger partial charge in [0.1, 0.15) is 5.69 Å². The second kappa shape index (κ2) is 8.26. The van der Waals surface area contributed by atoms with Crippen LogP contribution in [0.4, 0.5) is 11.4 Å². The van der Waals surface area contributed by atoms with E-state index in [2.05, 4.69) is 25.9 Å². The molecule has 2 N–H and O–H groups in total. The summed E-state index contributed by atoms with van der Waals surface area (Å²) in [5, 5.41) is 0. The quantitative estimate of drug-likeness (QED) is 0.479. The number of amides is 1. The van der Waals surface area contributed by atoms with E-state index in [1.807, 2.05) is 31.2 Å². The number of aryl methyl sites for hydroxylation is 1. The van der Waals surface area contributed by atoms with Crippen LogP contribution in [0.5, 0.6) is 0 Å². The van der Waals surface area contributed by atoms with Gasteiger partial charge >= 0.3 is 5.69 Å². The summed E-state index contributed by atoms with van der Waals surface area (Å²) >= 11 is 0. The van der Waals surface area contributed by atoms with E-state index in [9.17, 15) is 14.4 Å². The van der Waals surface area contributed by atoms with E-state index in [4.69, 9.17) is 0 Å². The Hall–Kier alpha value is -4.14. The van der Waals surface area contributed by atoms with Gasteiger partial charge in [-0.25, -0.2) is 9.78 Å². The molecule has 1 amide bonds. The van der Waals surface area contributed by atoms with Crippen molar-refractivity contribution in [2.45, 2.75) is 32.2 Å². The molecule has 2 aliphatic heterocycles. The molecular formula is C26H26N6O3. The molecule has 0 unspecified atom stereocenters. The molecule has 1 saturated heterocycles. The molecule has 0 radical (unpaired) electrons. The number of nitrogens with one attached hydrogen (secondary N) is 2. The second-order valence-corrected chi connectivity index (χ2v) is 9.34. The van der Waals surface area contributed by atoms with Gasteiger partial charge < -0.3 is 14.8 Å². The van der Waals surface area contributed by atoms with Crippen molar-refractivity contribution >= 4 is 28.4 Å². The summed E-state index contributed by atoms with van der Waals surface area (Å²) in [5.74, 6) is -0.195. The third-order valence-electron chi connectivity index (χ3n) is 7.12. The van der Waals surface area contributed by atoms with Crippen LogP contribution in [0.25, 0.3) is 11.2 Å². The third kappa shape index (κ3) is 3.73. The Labute approximate surface area is 201 Å². The monoisotopic (exact) mass is 470 g/mol. The van der Waals surface area contributed by atoms with Gasteiger partial charge in [0.15, 0.2) is 5.65 Å². The number of nitrogens with zero attached hydrogens (tertiary/aromatic N) is 4. The minimum atomic E-state index is -0.296. The SMILES string of the molecule is Cc1ccc2c(c1)CCN2C(=O)c1cc(N2CCC(n3c(=O)[nH]c4ncccc43)CC2)cc(=O)[nH]1. The van der Waals surface area contributed by atoms with E-state index < -0.39 is 0 Å². The number of piperidine rings is 1. The van der Waals surface area contributed by atoms with E-state index in [-0.39, 0.29) is 23.2 Å². The number of imidazole rings is 1. The number of benzene rings is 1. The number of carbonyl (C=O) groups is 1. The summed E-state index contributed by atoms with van der Waals surface area (Å²) in [6.45, 7) is 3.99. The highest BCUT2D eigenvalue weighted by Gasteiger charge is 2.28. The van der Waals surface area contributed by atoms with Crippen LogP contribution in [0.3, 0.4) is 0 Å². The molecule has 35 heavy (non-hydrogen) atoms. The van der Waals surface area contributed by atoms with Crippen LogP contribution in [-0.4, -0.2) is 45.1 Å². The highest BCUT2D eigenvalue weighted by molar-refractivity contribution is 6.06. The molecule has 0 spiro atoms. The molecule has 0 bridgehead atoms. The summed E-state index contributed by atoms with van der Waals surface area (Å²) in [6, 6.07) is 13.2. The van der Waals surface area contributed by atoms with Gasteiger partial charge in [0.25, 0.3) is 11.5 Å². The zero-order valence-corrected chi connectivity index (χ0v) is 19.5. The van der Waals surface area contributed by atoms with Crippen molar-refractivity contribution in [2.75, 3.05) is 29.4 Å². The molecule has 1 fully saturated rings. The van der Waals surface area contributed by atoms with Crippen molar-refractivity contribution in [3.63, 3.8) is 0 Å². The number of aromatic nitrogens is 4.